The molecule has 5 heteroatoms. The van der Waals surface area contributed by atoms with Gasteiger partial charge in [-0.25, -0.2) is 4.79 Å². The number of amides is 1. The highest BCUT2D eigenvalue weighted by atomic mass is 28.4. The maximum absolute atomic E-state index is 11.9. The highest BCUT2D eigenvalue weighted by Gasteiger charge is 2.29. The van der Waals surface area contributed by atoms with Crippen LogP contribution in [0.1, 0.15) is 33.6 Å². The van der Waals surface area contributed by atoms with Crippen molar-refractivity contribution in [2.24, 2.45) is 0 Å². The summed E-state index contributed by atoms with van der Waals surface area (Å²) in [6.45, 7) is 13.8. The molecule has 0 radical (unpaired) electrons. The van der Waals surface area contributed by atoms with Gasteiger partial charge in [-0.15, -0.1) is 0 Å². The number of hydrogen-bond acceptors (Lipinski definition) is 3. The number of nitrogens with zero attached hydrogens (tertiary/aromatic N) is 1. The molecule has 18 heavy (non-hydrogen) atoms. The van der Waals surface area contributed by atoms with Gasteiger partial charge < -0.3 is 14.1 Å². The predicted molar refractivity (Wildman–Crippen MR) is 75.3 cm³/mol. The van der Waals surface area contributed by atoms with Gasteiger partial charge in [0.2, 0.25) is 0 Å². The molecule has 0 spiro atoms. The van der Waals surface area contributed by atoms with Crippen LogP contribution in [0, 0.1) is 0 Å². The zero-order chi connectivity index (χ0) is 14.0. The molecule has 0 unspecified atom stereocenters. The summed E-state index contributed by atoms with van der Waals surface area (Å²) in [7, 11) is -1.47. The molecule has 0 saturated carbocycles. The SMILES string of the molecule is CC(C)(C)OC(=O)N1CCC(O[Si](C)(C)C)CC1. The molecule has 4 nitrogen and oxygen atoms in total. The van der Waals surface area contributed by atoms with E-state index in [4.69, 9.17) is 9.16 Å². The lowest BCUT2D eigenvalue weighted by Gasteiger charge is -2.35. The summed E-state index contributed by atoms with van der Waals surface area (Å²) >= 11 is 0. The topological polar surface area (TPSA) is 38.8 Å². The number of piperidine rings is 1. The molecule has 1 aliphatic rings. The van der Waals surface area contributed by atoms with Crippen molar-refractivity contribution in [2.75, 3.05) is 13.1 Å². The van der Waals surface area contributed by atoms with Crippen molar-refractivity contribution in [3.63, 3.8) is 0 Å². The molecule has 0 bridgehead atoms. The molecule has 1 rings (SSSR count). The van der Waals surface area contributed by atoms with E-state index in [1.165, 1.54) is 0 Å². The van der Waals surface area contributed by atoms with Crippen molar-refractivity contribution in [3.8, 4) is 0 Å². The van der Waals surface area contributed by atoms with Crippen LogP contribution in [-0.4, -0.2) is 44.1 Å². The fraction of sp³-hybridized carbons (Fsp3) is 0.923. The molecule has 1 heterocycles. The first kappa shape index (κ1) is 15.5. The van der Waals surface area contributed by atoms with Crippen LogP contribution >= 0.6 is 0 Å². The van der Waals surface area contributed by atoms with Crippen LogP contribution in [-0.2, 0) is 9.16 Å². The van der Waals surface area contributed by atoms with Crippen LogP contribution in [0.25, 0.3) is 0 Å². The van der Waals surface area contributed by atoms with Crippen LogP contribution in [0.4, 0.5) is 4.79 Å². The normalized spacial score (nSPS) is 18.9. The number of hydrogen-bond donors (Lipinski definition) is 0. The predicted octanol–water partition coefficient (Wildman–Crippen LogP) is 3.24. The van der Waals surface area contributed by atoms with Crippen molar-refractivity contribution in [1.82, 2.24) is 4.90 Å². The average molecular weight is 273 g/mol. The minimum absolute atomic E-state index is 0.200. The second-order valence-corrected chi connectivity index (χ2v) is 11.4. The van der Waals surface area contributed by atoms with Crippen LogP contribution in [0.5, 0.6) is 0 Å². The van der Waals surface area contributed by atoms with E-state index in [2.05, 4.69) is 19.6 Å². The summed E-state index contributed by atoms with van der Waals surface area (Å²) in [4.78, 5) is 13.7. The van der Waals surface area contributed by atoms with Crippen LogP contribution in [0.15, 0.2) is 0 Å². The summed E-state index contributed by atoms with van der Waals surface area (Å²) in [5.41, 5.74) is -0.414. The van der Waals surface area contributed by atoms with Crippen molar-refractivity contribution in [1.29, 1.82) is 0 Å². The molecule has 1 amide bonds. The minimum Gasteiger partial charge on any atom is -0.444 e. The van der Waals surface area contributed by atoms with Gasteiger partial charge in [0.15, 0.2) is 8.32 Å². The summed E-state index contributed by atoms with van der Waals surface area (Å²) in [5.74, 6) is 0. The van der Waals surface area contributed by atoms with E-state index >= 15 is 0 Å². The Labute approximate surface area is 112 Å². The van der Waals surface area contributed by atoms with E-state index in [1.54, 1.807) is 4.90 Å². The maximum atomic E-state index is 11.9. The van der Waals surface area contributed by atoms with E-state index in [0.29, 0.717) is 6.10 Å². The van der Waals surface area contributed by atoms with E-state index < -0.39 is 13.9 Å². The Hall–Kier alpha value is -0.553. The lowest BCUT2D eigenvalue weighted by Crippen LogP contribution is -2.45. The molecular formula is C13H27NO3Si. The fourth-order valence-electron chi connectivity index (χ4n) is 1.98. The summed E-state index contributed by atoms with van der Waals surface area (Å²) in [6.07, 6.45) is 1.96. The minimum atomic E-state index is -1.47. The van der Waals surface area contributed by atoms with Crippen molar-refractivity contribution < 1.29 is 14.0 Å². The second kappa shape index (κ2) is 5.61. The lowest BCUT2D eigenvalue weighted by molar-refractivity contribution is 0.0120. The Bertz CT molecular complexity index is 286. The smallest absolute Gasteiger partial charge is 0.410 e. The van der Waals surface area contributed by atoms with Gasteiger partial charge >= 0.3 is 6.09 Å². The Morgan fingerprint density at radius 1 is 1.17 bits per heavy atom. The monoisotopic (exact) mass is 273 g/mol. The van der Waals surface area contributed by atoms with Crippen molar-refractivity contribution in [3.05, 3.63) is 0 Å². The molecule has 0 aromatic carbocycles. The third-order valence-electron chi connectivity index (χ3n) is 2.61. The van der Waals surface area contributed by atoms with Gasteiger partial charge in [0.05, 0.1) is 0 Å². The van der Waals surface area contributed by atoms with Gasteiger partial charge in [0, 0.05) is 19.2 Å². The largest absolute Gasteiger partial charge is 0.444 e. The lowest BCUT2D eigenvalue weighted by atomic mass is 10.1. The number of carbonyl (C=O) groups excluding carboxylic acids is 1. The molecule has 0 aromatic rings. The van der Waals surface area contributed by atoms with Crippen molar-refractivity contribution >= 4 is 14.4 Å². The van der Waals surface area contributed by atoms with Gasteiger partial charge in [0.25, 0.3) is 0 Å². The average Bonchev–Trinajstić information content (AvgIpc) is 2.13. The molecule has 0 aliphatic carbocycles. The van der Waals surface area contributed by atoms with Gasteiger partial charge in [-0.1, -0.05) is 0 Å². The number of ether oxygens (including phenoxy) is 1. The zero-order valence-corrected chi connectivity index (χ0v) is 13.6. The fourth-order valence-corrected chi connectivity index (χ4v) is 3.22. The summed E-state index contributed by atoms with van der Waals surface area (Å²) in [5, 5.41) is 0. The van der Waals surface area contributed by atoms with Gasteiger partial charge in [0.1, 0.15) is 5.60 Å². The highest BCUT2D eigenvalue weighted by molar-refractivity contribution is 6.69. The Morgan fingerprint density at radius 3 is 2.06 bits per heavy atom. The number of likely N-dealkylation sites (tertiary alicyclic amines) is 1. The molecule has 1 aliphatic heterocycles. The molecular weight excluding hydrogens is 246 g/mol. The highest BCUT2D eigenvalue weighted by Crippen LogP contribution is 2.20. The molecule has 0 atom stereocenters. The van der Waals surface area contributed by atoms with Crippen LogP contribution in [0.3, 0.4) is 0 Å². The van der Waals surface area contributed by atoms with Gasteiger partial charge in [-0.05, 0) is 53.3 Å². The maximum Gasteiger partial charge on any atom is 0.410 e. The molecule has 106 valence electrons. The van der Waals surface area contributed by atoms with Crippen LogP contribution in [0.2, 0.25) is 19.6 Å². The Morgan fingerprint density at radius 2 is 1.67 bits per heavy atom. The first-order chi connectivity index (χ1) is 8.07. The molecule has 1 fully saturated rings. The Kier molecular flexibility index (Phi) is 4.83. The van der Waals surface area contributed by atoms with E-state index in [9.17, 15) is 4.79 Å². The first-order valence-corrected chi connectivity index (χ1v) is 10.1. The van der Waals surface area contributed by atoms with E-state index in [0.717, 1.165) is 25.9 Å². The third kappa shape index (κ3) is 5.86. The quantitative estimate of drug-likeness (QED) is 0.725. The summed E-state index contributed by atoms with van der Waals surface area (Å²) in [6, 6.07) is 0. The number of carbonyl (C=O) groups is 1. The summed E-state index contributed by atoms with van der Waals surface area (Å²) < 4.78 is 11.4. The second-order valence-electron chi connectivity index (χ2n) is 6.90. The van der Waals surface area contributed by atoms with Gasteiger partial charge in [-0.2, -0.15) is 0 Å². The number of rotatable bonds is 2. The van der Waals surface area contributed by atoms with E-state index in [-0.39, 0.29) is 6.09 Å². The first-order valence-electron chi connectivity index (χ1n) is 6.72. The standard InChI is InChI=1S/C13H27NO3Si/c1-13(2,3)16-12(15)14-9-7-11(8-10-14)17-18(4,5)6/h11H,7-10H2,1-6H3. The van der Waals surface area contributed by atoms with Crippen LogP contribution < -0.4 is 0 Å². The Balaban J connectivity index is 2.37. The van der Waals surface area contributed by atoms with E-state index in [1.807, 2.05) is 20.8 Å². The zero-order valence-electron chi connectivity index (χ0n) is 12.6. The third-order valence-corrected chi connectivity index (χ3v) is 3.65. The molecule has 0 aromatic heterocycles. The van der Waals surface area contributed by atoms with Gasteiger partial charge in [-0.3, -0.25) is 0 Å². The molecule has 1 saturated heterocycles. The van der Waals surface area contributed by atoms with Crippen molar-refractivity contribution in [2.45, 2.75) is 65.0 Å². The molecule has 0 N–H and O–H groups in total.